The summed E-state index contributed by atoms with van der Waals surface area (Å²) in [5.74, 6) is -0.186. The third-order valence-corrected chi connectivity index (χ3v) is 6.13. The number of halogens is 2. The number of aromatic nitrogens is 1. The summed E-state index contributed by atoms with van der Waals surface area (Å²) in [6.45, 7) is 0. The molecule has 0 saturated heterocycles. The average Bonchev–Trinajstić information content (AvgIpc) is 3.31. The Morgan fingerprint density at radius 1 is 0.929 bits per heavy atom. The molecule has 5 rings (SSSR count). The summed E-state index contributed by atoms with van der Waals surface area (Å²) in [6.07, 6.45) is 1.57. The van der Waals surface area contributed by atoms with Gasteiger partial charge < -0.3 is 4.42 Å². The largest absolute Gasteiger partial charge is 0.435 e. The Balaban J connectivity index is 1.53. The van der Waals surface area contributed by atoms with Gasteiger partial charge in [-0.2, -0.15) is 4.98 Å². The molecule has 0 N–H and O–H groups in total. The van der Waals surface area contributed by atoms with Crippen molar-refractivity contribution in [3.05, 3.63) is 80.2 Å². The van der Waals surface area contributed by atoms with E-state index in [9.17, 15) is 9.59 Å². The van der Waals surface area contributed by atoms with Crippen molar-refractivity contribution in [3.63, 3.8) is 0 Å². The van der Waals surface area contributed by atoms with Gasteiger partial charge in [0.1, 0.15) is 0 Å². The molecule has 0 aliphatic heterocycles. The number of carbonyl (C=O) groups excluding carboxylic acids is 2. The van der Waals surface area contributed by atoms with Crippen LogP contribution in [0.3, 0.4) is 0 Å². The van der Waals surface area contributed by atoms with Gasteiger partial charge in [-0.05, 0) is 30.3 Å². The van der Waals surface area contributed by atoms with Gasteiger partial charge in [-0.1, -0.05) is 41.4 Å². The lowest BCUT2D eigenvalue weighted by atomic mass is 10.1. The number of rotatable bonds is 2. The summed E-state index contributed by atoms with van der Waals surface area (Å²) in [4.78, 5) is 31.2. The van der Waals surface area contributed by atoms with Crippen LogP contribution in [0.1, 0.15) is 25.6 Å². The Hall–Kier alpha value is -2.73. The maximum Gasteiger partial charge on any atom is 0.228 e. The Labute approximate surface area is 173 Å². The predicted octanol–water partition coefficient (Wildman–Crippen LogP) is 6.33. The summed E-state index contributed by atoms with van der Waals surface area (Å²) in [5.41, 5.74) is 2.12. The van der Waals surface area contributed by atoms with Crippen molar-refractivity contribution in [3.8, 4) is 11.5 Å². The zero-order valence-electron chi connectivity index (χ0n) is 14.0. The molecule has 0 unspecified atom stereocenters. The van der Waals surface area contributed by atoms with Crippen LogP contribution in [0.4, 0.5) is 0 Å². The first-order valence-corrected chi connectivity index (χ1v) is 9.84. The molecule has 0 spiro atoms. The number of allylic oxidation sites excluding steroid dienone is 1. The van der Waals surface area contributed by atoms with Crippen LogP contribution >= 0.6 is 34.5 Å². The van der Waals surface area contributed by atoms with E-state index in [1.165, 1.54) is 23.5 Å². The van der Waals surface area contributed by atoms with Crippen molar-refractivity contribution >= 4 is 62.6 Å². The van der Waals surface area contributed by atoms with Gasteiger partial charge in [-0.15, -0.1) is 11.3 Å². The first kappa shape index (κ1) is 17.4. The number of oxazole rings is 1. The van der Waals surface area contributed by atoms with Crippen molar-refractivity contribution < 1.29 is 14.0 Å². The van der Waals surface area contributed by atoms with Crippen LogP contribution < -0.4 is 0 Å². The Morgan fingerprint density at radius 2 is 1.57 bits per heavy atom. The van der Waals surface area contributed by atoms with Crippen LogP contribution in [0, 0.1) is 0 Å². The third kappa shape index (κ3) is 2.71. The van der Waals surface area contributed by atoms with Crippen LogP contribution in [0.5, 0.6) is 0 Å². The fourth-order valence-electron chi connectivity index (χ4n) is 3.12. The molecule has 0 bridgehead atoms. The minimum absolute atomic E-state index is 0.0838. The topological polar surface area (TPSA) is 60.2 Å². The summed E-state index contributed by atoms with van der Waals surface area (Å²) >= 11 is 13.3. The number of fused-ring (bicyclic) bond motifs is 2. The summed E-state index contributed by atoms with van der Waals surface area (Å²) in [7, 11) is 0. The van der Waals surface area contributed by atoms with Gasteiger partial charge in [-0.25, -0.2) is 0 Å². The average molecular weight is 426 g/mol. The van der Waals surface area contributed by atoms with E-state index in [-0.39, 0.29) is 38.3 Å². The van der Waals surface area contributed by atoms with E-state index in [0.717, 1.165) is 5.56 Å². The summed E-state index contributed by atoms with van der Waals surface area (Å²) < 4.78 is 5.81. The fourth-order valence-corrected chi connectivity index (χ4v) is 4.34. The van der Waals surface area contributed by atoms with E-state index in [1.807, 2.05) is 30.3 Å². The molecule has 1 aliphatic rings. The first-order chi connectivity index (χ1) is 13.5. The molecule has 0 atom stereocenters. The van der Waals surface area contributed by atoms with Gasteiger partial charge in [-0.3, -0.25) is 9.59 Å². The molecule has 0 saturated carbocycles. The Kier molecular flexibility index (Phi) is 3.98. The highest BCUT2D eigenvalue weighted by Gasteiger charge is 2.34. The van der Waals surface area contributed by atoms with E-state index in [1.54, 1.807) is 12.1 Å². The Bertz CT molecular complexity index is 1240. The lowest BCUT2D eigenvalue weighted by Gasteiger charge is -1.98. The van der Waals surface area contributed by atoms with E-state index in [2.05, 4.69) is 4.98 Å². The minimum atomic E-state index is -0.360. The number of nitrogens with zero attached hydrogens (tertiary/aromatic N) is 1. The molecule has 1 aliphatic carbocycles. The van der Waals surface area contributed by atoms with Crippen molar-refractivity contribution in [1.29, 1.82) is 0 Å². The third-order valence-electron chi connectivity index (χ3n) is 4.45. The quantitative estimate of drug-likeness (QED) is 0.278. The van der Waals surface area contributed by atoms with Crippen LogP contribution in [0.15, 0.2) is 58.5 Å². The van der Waals surface area contributed by atoms with Gasteiger partial charge >= 0.3 is 0 Å². The second-order valence-corrected chi connectivity index (χ2v) is 8.11. The molecule has 7 heteroatoms. The normalized spacial score (nSPS) is 13.4. The summed E-state index contributed by atoms with van der Waals surface area (Å²) in [6, 6.07) is 14.2. The number of carbonyl (C=O) groups is 2. The highest BCUT2D eigenvalue weighted by atomic mass is 35.5. The molecule has 2 heterocycles. The SMILES string of the molecule is O=C1C(=Cc2cc3oc(-c4ccccc4)nc3s2)C(=O)c2cc(Cl)c(Cl)cc21. The molecular weight excluding hydrogens is 417 g/mol. The monoisotopic (exact) mass is 425 g/mol. The van der Waals surface area contributed by atoms with Crippen molar-refractivity contribution in [2.75, 3.05) is 0 Å². The second-order valence-electron chi connectivity index (χ2n) is 6.23. The highest BCUT2D eigenvalue weighted by Crippen LogP contribution is 2.36. The lowest BCUT2D eigenvalue weighted by molar-refractivity contribution is 0.0990. The van der Waals surface area contributed by atoms with Crippen LogP contribution in [-0.4, -0.2) is 16.6 Å². The molecule has 4 aromatic rings. The number of thiophene rings is 1. The maximum absolute atomic E-state index is 12.6. The maximum atomic E-state index is 12.6. The zero-order valence-corrected chi connectivity index (χ0v) is 16.4. The zero-order chi connectivity index (χ0) is 19.4. The standard InChI is InChI=1S/C21H9Cl2NO3S/c22-15-8-12-13(9-16(15)23)19(26)14(18(12)25)6-11-7-17-21(28-11)24-20(27-17)10-4-2-1-3-5-10/h1-9H. The molecule has 0 amide bonds. The smallest absolute Gasteiger partial charge is 0.228 e. The molecule has 0 radical (unpaired) electrons. The predicted molar refractivity (Wildman–Crippen MR) is 110 cm³/mol. The van der Waals surface area contributed by atoms with Crippen LogP contribution in [0.2, 0.25) is 10.0 Å². The number of hydrogen-bond acceptors (Lipinski definition) is 5. The molecule has 136 valence electrons. The van der Waals surface area contributed by atoms with E-state index >= 15 is 0 Å². The van der Waals surface area contributed by atoms with Crippen molar-refractivity contribution in [2.45, 2.75) is 0 Å². The van der Waals surface area contributed by atoms with Gasteiger partial charge in [0.2, 0.25) is 5.89 Å². The lowest BCUT2D eigenvalue weighted by Crippen LogP contribution is -1.99. The molecule has 2 aromatic heterocycles. The number of Topliss-reactive ketones (excluding diaryl/α,β-unsaturated/α-hetero) is 2. The molecule has 2 aromatic carbocycles. The van der Waals surface area contributed by atoms with Gasteiger partial charge in [0.25, 0.3) is 0 Å². The molecular formula is C21H9Cl2NO3S. The number of ketones is 2. The second kappa shape index (κ2) is 6.41. The first-order valence-electron chi connectivity index (χ1n) is 8.27. The molecule has 0 fully saturated rings. The minimum Gasteiger partial charge on any atom is -0.435 e. The van der Waals surface area contributed by atoms with Crippen molar-refractivity contribution in [2.24, 2.45) is 0 Å². The number of benzene rings is 2. The van der Waals surface area contributed by atoms with E-state index < -0.39 is 0 Å². The van der Waals surface area contributed by atoms with Gasteiger partial charge in [0, 0.05) is 27.6 Å². The highest BCUT2D eigenvalue weighted by molar-refractivity contribution is 7.19. The molecule has 4 nitrogen and oxygen atoms in total. The Morgan fingerprint density at radius 3 is 2.18 bits per heavy atom. The van der Waals surface area contributed by atoms with E-state index in [0.29, 0.717) is 21.2 Å². The van der Waals surface area contributed by atoms with Crippen LogP contribution in [-0.2, 0) is 0 Å². The van der Waals surface area contributed by atoms with Crippen molar-refractivity contribution in [1.82, 2.24) is 4.98 Å². The fraction of sp³-hybridized carbons (Fsp3) is 0. The van der Waals surface area contributed by atoms with Crippen LogP contribution in [0.25, 0.3) is 27.9 Å². The number of hydrogen-bond donors (Lipinski definition) is 0. The summed E-state index contributed by atoms with van der Waals surface area (Å²) in [5, 5.41) is 0.489. The molecule has 28 heavy (non-hydrogen) atoms. The van der Waals surface area contributed by atoms with Gasteiger partial charge in [0.05, 0.1) is 15.6 Å². The van der Waals surface area contributed by atoms with E-state index in [4.69, 9.17) is 27.6 Å². The van der Waals surface area contributed by atoms with Gasteiger partial charge in [0.15, 0.2) is 22.0 Å².